The quantitative estimate of drug-likeness (QED) is 0.575. The lowest BCUT2D eigenvalue weighted by Crippen LogP contribution is -2.41. The normalized spacial score (nSPS) is 11.8. The van der Waals surface area contributed by atoms with E-state index in [9.17, 15) is 9.59 Å². The molecule has 0 radical (unpaired) electrons. The summed E-state index contributed by atoms with van der Waals surface area (Å²) in [6, 6.07) is 10.3. The summed E-state index contributed by atoms with van der Waals surface area (Å²) in [7, 11) is 0. The molecule has 0 saturated heterocycles. The van der Waals surface area contributed by atoms with Gasteiger partial charge in [0.25, 0.3) is 0 Å². The first-order valence-electron chi connectivity index (χ1n) is 9.21. The second-order valence-electron chi connectivity index (χ2n) is 6.43. The zero-order chi connectivity index (χ0) is 17.6. The van der Waals surface area contributed by atoms with Crippen molar-refractivity contribution in [2.24, 2.45) is 0 Å². The first-order chi connectivity index (χ1) is 11.6. The van der Waals surface area contributed by atoms with Crippen molar-refractivity contribution in [3.63, 3.8) is 0 Å². The van der Waals surface area contributed by atoms with Gasteiger partial charge in [-0.25, -0.2) is 0 Å². The summed E-state index contributed by atoms with van der Waals surface area (Å²) < 4.78 is 0. The minimum atomic E-state index is -0.116. The maximum absolute atomic E-state index is 11.9. The number of unbranched alkanes of at least 4 members (excludes halogenated alkanes) is 4. The van der Waals surface area contributed by atoms with E-state index in [0.29, 0.717) is 6.42 Å². The van der Waals surface area contributed by atoms with E-state index in [4.69, 9.17) is 0 Å². The van der Waals surface area contributed by atoms with Gasteiger partial charge in [0, 0.05) is 12.5 Å². The minimum absolute atomic E-state index is 0.0291. The third kappa shape index (κ3) is 10.0. The Balaban J connectivity index is 2.08. The number of nitrogens with one attached hydrogen (secondary N) is 2. The minimum Gasteiger partial charge on any atom is -0.352 e. The van der Waals surface area contributed by atoms with Crippen LogP contribution in [0.1, 0.15) is 64.4 Å². The predicted octanol–water partition coefficient (Wildman–Crippen LogP) is 3.60. The van der Waals surface area contributed by atoms with Crippen LogP contribution in [-0.2, 0) is 16.0 Å². The number of carbonyl (C=O) groups is 2. The maximum atomic E-state index is 11.9. The Morgan fingerprint density at radius 1 is 1.00 bits per heavy atom. The van der Waals surface area contributed by atoms with E-state index >= 15 is 0 Å². The van der Waals surface area contributed by atoms with Gasteiger partial charge < -0.3 is 10.6 Å². The highest BCUT2D eigenvalue weighted by molar-refractivity contribution is 5.84. The summed E-state index contributed by atoms with van der Waals surface area (Å²) in [6.45, 7) is 4.24. The van der Waals surface area contributed by atoms with Crippen LogP contribution in [0.3, 0.4) is 0 Å². The molecule has 1 rings (SSSR count). The van der Waals surface area contributed by atoms with Crippen molar-refractivity contribution in [3.8, 4) is 0 Å². The molecule has 0 aliphatic rings. The van der Waals surface area contributed by atoms with Crippen LogP contribution in [0.2, 0.25) is 0 Å². The van der Waals surface area contributed by atoms with Crippen molar-refractivity contribution in [1.82, 2.24) is 10.6 Å². The van der Waals surface area contributed by atoms with Gasteiger partial charge in [0.05, 0.1) is 6.54 Å². The molecule has 134 valence electrons. The lowest BCUT2D eigenvalue weighted by atomic mass is 10.1. The van der Waals surface area contributed by atoms with Crippen LogP contribution >= 0.6 is 0 Å². The second-order valence-corrected chi connectivity index (χ2v) is 6.43. The molecule has 0 aromatic heterocycles. The fourth-order valence-electron chi connectivity index (χ4n) is 2.58. The van der Waals surface area contributed by atoms with Crippen LogP contribution < -0.4 is 10.6 Å². The van der Waals surface area contributed by atoms with Crippen molar-refractivity contribution < 1.29 is 9.59 Å². The maximum Gasteiger partial charge on any atom is 0.239 e. The Morgan fingerprint density at radius 2 is 1.71 bits per heavy atom. The smallest absolute Gasteiger partial charge is 0.239 e. The Kier molecular flexibility index (Phi) is 10.6. The largest absolute Gasteiger partial charge is 0.352 e. The number of aryl methyl sites for hydroxylation is 1. The number of hydrogen-bond donors (Lipinski definition) is 2. The monoisotopic (exact) mass is 332 g/mol. The highest BCUT2D eigenvalue weighted by Crippen LogP contribution is 2.05. The lowest BCUT2D eigenvalue weighted by Gasteiger charge is -2.14. The van der Waals surface area contributed by atoms with Crippen LogP contribution in [0.5, 0.6) is 0 Å². The summed E-state index contributed by atoms with van der Waals surface area (Å²) in [5.74, 6) is -0.145. The summed E-state index contributed by atoms with van der Waals surface area (Å²) in [5.41, 5.74) is 1.27. The van der Waals surface area contributed by atoms with E-state index in [1.807, 2.05) is 25.1 Å². The van der Waals surface area contributed by atoms with E-state index in [2.05, 4.69) is 29.7 Å². The molecule has 2 amide bonds. The average Bonchev–Trinajstić information content (AvgIpc) is 2.59. The van der Waals surface area contributed by atoms with E-state index in [1.54, 1.807) is 0 Å². The number of amides is 2. The lowest BCUT2D eigenvalue weighted by molar-refractivity contribution is -0.126. The van der Waals surface area contributed by atoms with Gasteiger partial charge in [-0.2, -0.15) is 0 Å². The summed E-state index contributed by atoms with van der Waals surface area (Å²) >= 11 is 0. The van der Waals surface area contributed by atoms with Crippen molar-refractivity contribution in [1.29, 1.82) is 0 Å². The van der Waals surface area contributed by atoms with Gasteiger partial charge in [-0.1, -0.05) is 62.9 Å². The van der Waals surface area contributed by atoms with E-state index < -0.39 is 0 Å². The molecule has 2 N–H and O–H groups in total. The highest BCUT2D eigenvalue weighted by Gasteiger charge is 2.09. The van der Waals surface area contributed by atoms with Gasteiger partial charge in [-0.15, -0.1) is 0 Å². The third-order valence-electron chi connectivity index (χ3n) is 4.07. The molecule has 0 bridgehead atoms. The number of rotatable bonds is 12. The van der Waals surface area contributed by atoms with E-state index in [0.717, 1.165) is 25.7 Å². The molecule has 0 aliphatic carbocycles. The molecule has 0 fully saturated rings. The molecule has 4 heteroatoms. The number of carbonyl (C=O) groups excluding carboxylic acids is 2. The fourth-order valence-corrected chi connectivity index (χ4v) is 2.58. The van der Waals surface area contributed by atoms with Gasteiger partial charge in [0.2, 0.25) is 11.8 Å². The first-order valence-corrected chi connectivity index (χ1v) is 9.21. The van der Waals surface area contributed by atoms with Crippen LogP contribution in [0.25, 0.3) is 0 Å². The SMILES string of the molecule is CCCCCCCC(=O)NCC(=O)N[C@@H](C)CCc1ccccc1. The van der Waals surface area contributed by atoms with Crippen molar-refractivity contribution in [2.75, 3.05) is 6.54 Å². The van der Waals surface area contributed by atoms with Gasteiger partial charge in [0.15, 0.2) is 0 Å². The molecule has 4 nitrogen and oxygen atoms in total. The van der Waals surface area contributed by atoms with Crippen molar-refractivity contribution in [2.45, 2.75) is 71.3 Å². The molecule has 0 unspecified atom stereocenters. The summed E-state index contributed by atoms with van der Waals surface area (Å²) in [4.78, 5) is 23.5. The molecule has 0 heterocycles. The number of benzene rings is 1. The Hall–Kier alpha value is -1.84. The van der Waals surface area contributed by atoms with Crippen molar-refractivity contribution >= 4 is 11.8 Å². The zero-order valence-electron chi connectivity index (χ0n) is 15.1. The second kappa shape index (κ2) is 12.6. The van der Waals surface area contributed by atoms with Gasteiger partial charge in [-0.3, -0.25) is 9.59 Å². The Morgan fingerprint density at radius 3 is 2.42 bits per heavy atom. The molecule has 0 aliphatic heterocycles. The van der Waals surface area contributed by atoms with Gasteiger partial charge in [-0.05, 0) is 31.7 Å². The first kappa shape index (κ1) is 20.2. The van der Waals surface area contributed by atoms with Crippen LogP contribution in [0, 0.1) is 0 Å². The molecule has 1 atom stereocenters. The standard InChI is InChI=1S/C20H32N2O2/c1-3-4-5-6-10-13-19(23)21-16-20(24)22-17(2)14-15-18-11-8-7-9-12-18/h7-9,11-12,17H,3-6,10,13-16H2,1-2H3,(H,21,23)(H,22,24)/t17-/m0/s1. The molecule has 0 saturated carbocycles. The Bertz CT molecular complexity index is 474. The molecular formula is C20H32N2O2. The summed E-state index contributed by atoms with van der Waals surface area (Å²) in [5, 5.41) is 5.64. The van der Waals surface area contributed by atoms with Crippen LogP contribution in [0.15, 0.2) is 30.3 Å². The predicted molar refractivity (Wildman–Crippen MR) is 98.8 cm³/mol. The third-order valence-corrected chi connectivity index (χ3v) is 4.07. The van der Waals surface area contributed by atoms with Crippen molar-refractivity contribution in [3.05, 3.63) is 35.9 Å². The average molecular weight is 332 g/mol. The van der Waals surface area contributed by atoms with E-state index in [1.165, 1.54) is 24.8 Å². The van der Waals surface area contributed by atoms with Gasteiger partial charge in [0.1, 0.15) is 0 Å². The molecular weight excluding hydrogens is 300 g/mol. The summed E-state index contributed by atoms with van der Waals surface area (Å²) in [6.07, 6.45) is 7.95. The zero-order valence-corrected chi connectivity index (χ0v) is 15.1. The number of hydrogen-bond acceptors (Lipinski definition) is 2. The molecule has 0 spiro atoms. The molecule has 1 aromatic carbocycles. The van der Waals surface area contributed by atoms with Gasteiger partial charge >= 0.3 is 0 Å². The Labute approximate surface area is 146 Å². The fraction of sp³-hybridized carbons (Fsp3) is 0.600. The topological polar surface area (TPSA) is 58.2 Å². The van der Waals surface area contributed by atoms with E-state index in [-0.39, 0.29) is 24.4 Å². The van der Waals surface area contributed by atoms with Crippen LogP contribution in [0.4, 0.5) is 0 Å². The molecule has 24 heavy (non-hydrogen) atoms. The van der Waals surface area contributed by atoms with Crippen LogP contribution in [-0.4, -0.2) is 24.4 Å². The highest BCUT2D eigenvalue weighted by atomic mass is 16.2. The molecule has 1 aromatic rings.